The number of imidazole rings is 3. The molecule has 0 spiro atoms. The van der Waals surface area contributed by atoms with Crippen LogP contribution in [0.2, 0.25) is 0 Å². The average molecular weight is 1480 g/mol. The monoisotopic (exact) mass is 1480 g/mol. The predicted molar refractivity (Wildman–Crippen MR) is 421 cm³/mol. The van der Waals surface area contributed by atoms with Gasteiger partial charge in [0.15, 0.2) is 0 Å². The maximum absolute atomic E-state index is 13.1. The predicted octanol–water partition coefficient (Wildman–Crippen LogP) is 11.7. The number of nitrogens with one attached hydrogen (secondary N) is 7. The van der Waals surface area contributed by atoms with E-state index in [0.29, 0.717) is 66.3 Å². The Labute approximate surface area is 628 Å². The number of nitrogens with zero attached hydrogens (tertiary/aromatic N) is 11. The van der Waals surface area contributed by atoms with E-state index in [1.807, 2.05) is 160 Å². The molecule has 12 aromatic rings. The summed E-state index contributed by atoms with van der Waals surface area (Å²) in [5, 5.41) is 10.7. The Hall–Kier alpha value is -12.0. The fraction of sp³-hybridized carbons (Fsp3) is 0.325. The number of urea groups is 1. The molecule has 0 atom stereocenters. The van der Waals surface area contributed by atoms with Crippen molar-refractivity contribution >= 4 is 69.2 Å². The summed E-state index contributed by atoms with van der Waals surface area (Å²) in [5.74, 6) is 0.881. The number of ether oxygens (including phenoxy) is 5. The van der Waals surface area contributed by atoms with Crippen molar-refractivity contribution in [3.63, 3.8) is 0 Å². The van der Waals surface area contributed by atoms with Crippen molar-refractivity contribution < 1.29 is 38.1 Å². The van der Waals surface area contributed by atoms with E-state index in [1.165, 1.54) is 0 Å². The zero-order chi connectivity index (χ0) is 76.5. The topological polar surface area (TPSA) is 343 Å². The minimum atomic E-state index is -0.591. The van der Waals surface area contributed by atoms with Gasteiger partial charge in [-0.1, -0.05) is 18.2 Å². The molecule has 3 aromatic carbocycles. The summed E-state index contributed by atoms with van der Waals surface area (Å²) in [7, 11) is 0. The Bertz CT molecular complexity index is 5130. The van der Waals surface area contributed by atoms with Crippen LogP contribution in [0.25, 0.3) is 100 Å². The number of hydrogen-bond acceptors (Lipinski definition) is 19. The first-order valence-corrected chi connectivity index (χ1v) is 36.5. The number of carbonyl (C=O) groups excluding carboxylic acids is 3. The van der Waals surface area contributed by atoms with Gasteiger partial charge in [0.05, 0.1) is 103 Å². The lowest BCUT2D eigenvalue weighted by Crippen LogP contribution is -2.39. The first-order valence-electron chi connectivity index (χ1n) is 36.5. The minimum Gasteiger partial charge on any atom is -0.450 e. The first kappa shape index (κ1) is 76.6. The molecule has 2 aliphatic heterocycles. The van der Waals surface area contributed by atoms with Crippen LogP contribution in [-0.4, -0.2) is 185 Å². The summed E-state index contributed by atoms with van der Waals surface area (Å²) >= 11 is 0. The molecule has 29 nitrogen and oxygen atoms in total. The zero-order valence-corrected chi connectivity index (χ0v) is 62.4. The van der Waals surface area contributed by atoms with E-state index >= 15 is 0 Å². The van der Waals surface area contributed by atoms with E-state index in [0.717, 1.165) is 155 Å². The summed E-state index contributed by atoms with van der Waals surface area (Å²) in [6.07, 6.45) is 4.10. The SMILES string of the molecule is CCNC(=O)Nc1nc2c(-c3ccccn3)cc(-c3cc(C)n(CCN4CCOCC4)c(=O)c3)cc2[nH]1.CCOC(=O)Nc1nc2c(-c3ccccn3)cc(-c3cc(C)n(CCN4CCOCC4)c(=O)c3)cc2[nH]1.CCOC(=O)Nc1nc2c(-c3ccccn3)cc(-c3cc(C)n(CCOC(C)C)c(=O)c3)cc2[nH]1. The lowest BCUT2D eigenvalue weighted by molar-refractivity contribution is 0.0361. The van der Waals surface area contributed by atoms with Crippen molar-refractivity contribution in [2.45, 2.75) is 81.1 Å². The molecule has 2 aliphatic rings. The highest BCUT2D eigenvalue weighted by Crippen LogP contribution is 2.37. The van der Waals surface area contributed by atoms with E-state index in [-0.39, 0.29) is 53.9 Å². The fourth-order valence-electron chi connectivity index (χ4n) is 13.1. The maximum atomic E-state index is 13.1. The summed E-state index contributed by atoms with van der Waals surface area (Å²) < 4.78 is 31.7. The zero-order valence-electron chi connectivity index (χ0n) is 62.4. The van der Waals surface area contributed by atoms with E-state index in [1.54, 1.807) is 55.2 Å². The van der Waals surface area contributed by atoms with Crippen LogP contribution in [0.15, 0.2) is 160 Å². The number of fused-ring (bicyclic) bond motifs is 3. The third kappa shape index (κ3) is 19.4. The number of morpholine rings is 2. The summed E-state index contributed by atoms with van der Waals surface area (Å²) in [6, 6.07) is 39.4. The molecule has 0 unspecified atom stereocenters. The van der Waals surface area contributed by atoms with Crippen molar-refractivity contribution in [3.8, 4) is 67.2 Å². The molecule has 2 saturated heterocycles. The summed E-state index contributed by atoms with van der Waals surface area (Å²) in [4.78, 5) is 116. The van der Waals surface area contributed by atoms with E-state index in [4.69, 9.17) is 23.7 Å². The molecule has 4 amide bonds. The van der Waals surface area contributed by atoms with Crippen LogP contribution in [0.4, 0.5) is 32.2 Å². The highest BCUT2D eigenvalue weighted by atomic mass is 16.6. The highest BCUT2D eigenvalue weighted by Gasteiger charge is 2.22. The molecule has 29 heteroatoms. The molecule has 11 heterocycles. The number of aryl methyl sites for hydroxylation is 3. The van der Waals surface area contributed by atoms with Gasteiger partial charge in [-0.2, -0.15) is 0 Å². The summed E-state index contributed by atoms with van der Waals surface area (Å²) in [6.45, 7) is 26.5. The van der Waals surface area contributed by atoms with E-state index in [2.05, 4.69) is 75.9 Å². The Morgan fingerprint density at radius 1 is 0.459 bits per heavy atom. The smallest absolute Gasteiger partial charge is 0.413 e. The second-order valence-electron chi connectivity index (χ2n) is 26.3. The van der Waals surface area contributed by atoms with Crippen molar-refractivity contribution in [2.24, 2.45) is 0 Å². The lowest BCUT2D eigenvalue weighted by Gasteiger charge is -2.27. The van der Waals surface area contributed by atoms with Gasteiger partial charge in [0.1, 0.15) is 0 Å². The molecule has 566 valence electrons. The Morgan fingerprint density at radius 2 is 0.807 bits per heavy atom. The molecule has 109 heavy (non-hydrogen) atoms. The van der Waals surface area contributed by atoms with Gasteiger partial charge in [-0.05, 0) is 180 Å². The van der Waals surface area contributed by atoms with Crippen LogP contribution in [0.5, 0.6) is 0 Å². The van der Waals surface area contributed by atoms with Gasteiger partial charge in [-0.3, -0.25) is 55.1 Å². The molecule has 14 rings (SSSR count). The number of pyridine rings is 6. The molecule has 7 N–H and O–H groups in total. The molecular formula is C80H90N18O11. The van der Waals surface area contributed by atoms with Crippen LogP contribution in [0, 0.1) is 20.8 Å². The standard InChI is InChI=1S/C27H31N7O3.C27H30N6O4.C26H29N5O4/c1-3-28-27(36)32-26-30-23-16-20(15-21(25(23)31-26)22-6-4-5-7-29-22)19-14-18(2)34(24(35)17-19)9-8-33-10-12-37-13-11-33;1-3-37-27(35)31-26-29-23-16-20(15-21(25(23)30-26)22-6-4-5-7-28-22)19-14-18(2)33(24(34)17-19)9-8-32-10-12-36-13-11-32;1-5-34-26(33)30-25-28-22-14-19(13-20(24(22)29-25)21-8-6-7-9-27-21)18-12-17(4)31(23(32)15-18)10-11-35-16(2)3/h4-7,14-17H,3,8-13H2,1-2H3,(H3,28,30,31,32,36);4-7,14-17H,3,8-13H2,1-2H3,(H2,29,30,31,35);6-9,12-16H,5,10-11H2,1-4H3,(H2,28,29,30,33). The van der Waals surface area contributed by atoms with Gasteiger partial charge >= 0.3 is 18.2 Å². The van der Waals surface area contributed by atoms with Crippen LogP contribution < -0.4 is 37.9 Å². The van der Waals surface area contributed by atoms with Gasteiger partial charge in [-0.15, -0.1) is 0 Å². The minimum absolute atomic E-state index is 0.0362. The Kier molecular flexibility index (Phi) is 25.3. The summed E-state index contributed by atoms with van der Waals surface area (Å²) in [5.41, 5.74) is 16.1. The maximum Gasteiger partial charge on any atom is 0.413 e. The van der Waals surface area contributed by atoms with Crippen molar-refractivity contribution in [1.29, 1.82) is 0 Å². The van der Waals surface area contributed by atoms with Crippen molar-refractivity contribution in [1.82, 2.24) is 73.7 Å². The van der Waals surface area contributed by atoms with Gasteiger partial charge < -0.3 is 57.7 Å². The molecular weight excluding hydrogens is 1390 g/mol. The number of amides is 4. The van der Waals surface area contributed by atoms with Crippen LogP contribution in [0.3, 0.4) is 0 Å². The van der Waals surface area contributed by atoms with Crippen LogP contribution >= 0.6 is 0 Å². The number of aromatic amines is 3. The van der Waals surface area contributed by atoms with Crippen LogP contribution in [0.1, 0.15) is 51.7 Å². The van der Waals surface area contributed by atoms with Gasteiger partial charge in [0, 0.05) is 136 Å². The number of benzene rings is 3. The third-order valence-corrected chi connectivity index (χ3v) is 18.4. The fourth-order valence-corrected chi connectivity index (χ4v) is 13.1. The largest absolute Gasteiger partial charge is 0.450 e. The molecule has 0 aliphatic carbocycles. The lowest BCUT2D eigenvalue weighted by atomic mass is 10.00. The van der Waals surface area contributed by atoms with Gasteiger partial charge in [0.25, 0.3) is 16.7 Å². The number of rotatable bonds is 22. The average Bonchev–Trinajstić information content (AvgIpc) is 1.71. The quantitative estimate of drug-likeness (QED) is 0.0331. The van der Waals surface area contributed by atoms with Crippen LogP contribution in [-0.2, 0) is 43.3 Å². The molecule has 0 saturated carbocycles. The number of carbonyl (C=O) groups is 3. The van der Waals surface area contributed by atoms with E-state index in [9.17, 15) is 28.8 Å². The Morgan fingerprint density at radius 3 is 1.13 bits per heavy atom. The normalized spacial score (nSPS) is 13.2. The third-order valence-electron chi connectivity index (χ3n) is 18.4. The Balaban J connectivity index is 0.000000153. The number of aromatic nitrogens is 12. The highest BCUT2D eigenvalue weighted by molar-refractivity contribution is 6.00. The number of hydrogen-bond donors (Lipinski definition) is 7. The number of H-pyrrole nitrogens is 3. The molecule has 0 radical (unpaired) electrons. The molecule has 2 fully saturated rings. The second kappa shape index (κ2) is 36.0. The second-order valence-corrected chi connectivity index (χ2v) is 26.3. The molecule has 9 aromatic heterocycles. The van der Waals surface area contributed by atoms with Crippen molar-refractivity contribution in [2.75, 3.05) is 108 Å². The number of anilines is 3. The first-order chi connectivity index (χ1) is 52.9. The van der Waals surface area contributed by atoms with Gasteiger partial charge in [0.2, 0.25) is 17.8 Å². The van der Waals surface area contributed by atoms with Crippen molar-refractivity contribution in [3.05, 3.63) is 194 Å². The van der Waals surface area contributed by atoms with Gasteiger partial charge in [-0.25, -0.2) is 29.3 Å². The van der Waals surface area contributed by atoms with E-state index < -0.39 is 12.2 Å². The molecule has 0 bridgehead atoms.